The Morgan fingerprint density at radius 3 is 2.53 bits per heavy atom. The molecule has 5 rings (SSSR count). The second-order valence-corrected chi connectivity index (χ2v) is 9.73. The number of rotatable bonds is 5. The van der Waals surface area contributed by atoms with Gasteiger partial charge in [-0.15, -0.1) is 21.5 Å². The first-order chi connectivity index (χ1) is 15.5. The van der Waals surface area contributed by atoms with E-state index in [1.54, 1.807) is 15.9 Å². The monoisotopic (exact) mass is 460 g/mol. The molecule has 0 aliphatic heterocycles. The molecule has 0 bridgehead atoms. The van der Waals surface area contributed by atoms with Crippen LogP contribution < -0.4 is 5.56 Å². The van der Waals surface area contributed by atoms with Gasteiger partial charge in [-0.25, -0.2) is 4.98 Å². The van der Waals surface area contributed by atoms with Gasteiger partial charge in [-0.05, 0) is 55.5 Å². The number of thioether (sulfide) groups is 1. The number of para-hydroxylation sites is 2. The maximum atomic E-state index is 13.6. The maximum absolute atomic E-state index is 13.6. The molecule has 8 heteroatoms. The van der Waals surface area contributed by atoms with Crippen molar-refractivity contribution in [1.82, 2.24) is 19.7 Å². The van der Waals surface area contributed by atoms with Gasteiger partial charge in [0.1, 0.15) is 0 Å². The molecule has 3 heterocycles. The van der Waals surface area contributed by atoms with Gasteiger partial charge in [0.15, 0.2) is 5.16 Å². The summed E-state index contributed by atoms with van der Waals surface area (Å²) in [5.74, 6) is 0.995. The topological polar surface area (TPSA) is 73.8 Å². The molecule has 5 aromatic rings. The third-order valence-corrected chi connectivity index (χ3v) is 7.11. The fourth-order valence-electron chi connectivity index (χ4n) is 3.65. The highest BCUT2D eigenvalue weighted by atomic mass is 32.2. The van der Waals surface area contributed by atoms with Crippen molar-refractivity contribution in [1.29, 1.82) is 0 Å². The van der Waals surface area contributed by atoms with Crippen molar-refractivity contribution in [2.75, 3.05) is 0 Å². The Morgan fingerprint density at radius 2 is 1.78 bits per heavy atom. The second-order valence-electron chi connectivity index (χ2n) is 7.48. The van der Waals surface area contributed by atoms with Gasteiger partial charge in [0, 0.05) is 0 Å². The number of aryl methyl sites for hydroxylation is 2. The van der Waals surface area contributed by atoms with E-state index in [9.17, 15) is 4.79 Å². The number of thiophene rings is 1. The summed E-state index contributed by atoms with van der Waals surface area (Å²) < 4.78 is 7.64. The molecular weight excluding hydrogens is 440 g/mol. The van der Waals surface area contributed by atoms with E-state index in [0.717, 1.165) is 21.7 Å². The van der Waals surface area contributed by atoms with Crippen LogP contribution in [0.4, 0.5) is 0 Å². The van der Waals surface area contributed by atoms with Crippen LogP contribution in [-0.2, 0) is 0 Å². The first-order valence-corrected chi connectivity index (χ1v) is 11.9. The molecule has 0 aliphatic rings. The average Bonchev–Trinajstić information content (AvgIpc) is 3.47. The van der Waals surface area contributed by atoms with Crippen LogP contribution in [0.25, 0.3) is 27.4 Å². The second kappa shape index (κ2) is 8.37. The third-order valence-electron chi connectivity index (χ3n) is 5.21. The summed E-state index contributed by atoms with van der Waals surface area (Å²) in [4.78, 5) is 19.4. The summed E-state index contributed by atoms with van der Waals surface area (Å²) in [6, 6.07) is 17.3. The third kappa shape index (κ3) is 3.65. The van der Waals surface area contributed by atoms with Gasteiger partial charge in [0.05, 0.1) is 26.7 Å². The van der Waals surface area contributed by atoms with Crippen LogP contribution in [0.15, 0.2) is 74.3 Å². The van der Waals surface area contributed by atoms with E-state index in [4.69, 9.17) is 9.40 Å². The van der Waals surface area contributed by atoms with Crippen LogP contribution in [0.3, 0.4) is 0 Å². The van der Waals surface area contributed by atoms with Crippen molar-refractivity contribution < 1.29 is 4.42 Å². The Hall–Kier alpha value is -3.23. The number of hydrogen-bond donors (Lipinski definition) is 0. The molecule has 0 saturated heterocycles. The lowest BCUT2D eigenvalue weighted by Crippen LogP contribution is -2.23. The molecule has 0 radical (unpaired) electrons. The molecule has 0 saturated carbocycles. The molecule has 1 atom stereocenters. The predicted octanol–water partition coefficient (Wildman–Crippen LogP) is 5.97. The van der Waals surface area contributed by atoms with Crippen LogP contribution in [0, 0.1) is 13.8 Å². The number of aromatic nitrogens is 4. The molecule has 3 aromatic heterocycles. The van der Waals surface area contributed by atoms with Crippen molar-refractivity contribution in [2.45, 2.75) is 31.2 Å². The fraction of sp³-hybridized carbons (Fsp3) is 0.167. The molecule has 1 unspecified atom stereocenters. The maximum Gasteiger partial charge on any atom is 0.266 e. The van der Waals surface area contributed by atoms with E-state index < -0.39 is 0 Å². The first kappa shape index (κ1) is 20.7. The molecule has 32 heavy (non-hydrogen) atoms. The lowest BCUT2D eigenvalue weighted by Gasteiger charge is -2.18. The van der Waals surface area contributed by atoms with Gasteiger partial charge in [-0.1, -0.05) is 48.2 Å². The Bertz CT molecular complexity index is 1450. The molecule has 0 amide bonds. The fourth-order valence-corrected chi connectivity index (χ4v) is 5.24. The first-order valence-electron chi connectivity index (χ1n) is 10.2. The van der Waals surface area contributed by atoms with Crippen LogP contribution >= 0.6 is 23.1 Å². The Labute approximate surface area is 193 Å². The van der Waals surface area contributed by atoms with Crippen molar-refractivity contribution >= 4 is 34.0 Å². The van der Waals surface area contributed by atoms with Crippen LogP contribution in [0.1, 0.15) is 29.2 Å². The number of nitrogens with zero attached hydrogens (tertiary/aromatic N) is 4. The molecule has 160 valence electrons. The summed E-state index contributed by atoms with van der Waals surface area (Å²) in [5, 5.41) is 11.4. The molecule has 0 aliphatic carbocycles. The Morgan fingerprint density at radius 1 is 1.00 bits per heavy atom. The molecule has 0 spiro atoms. The molecule has 0 N–H and O–H groups in total. The van der Waals surface area contributed by atoms with E-state index in [-0.39, 0.29) is 10.8 Å². The zero-order valence-corrected chi connectivity index (χ0v) is 19.4. The Kier molecular flexibility index (Phi) is 5.40. The number of benzene rings is 2. The Balaban J connectivity index is 1.63. The SMILES string of the molecule is Cc1cccc(C)c1-n1c(SC(C)c2nnc(-c3cccs3)o2)nc2ccccc2c1=O. The highest BCUT2D eigenvalue weighted by Gasteiger charge is 2.22. The summed E-state index contributed by atoms with van der Waals surface area (Å²) in [7, 11) is 0. The van der Waals surface area contributed by atoms with Crippen LogP contribution in [0.5, 0.6) is 0 Å². The van der Waals surface area contributed by atoms with Gasteiger partial charge in [0.2, 0.25) is 5.89 Å². The van der Waals surface area contributed by atoms with E-state index in [1.807, 2.05) is 80.7 Å². The van der Waals surface area contributed by atoms with E-state index >= 15 is 0 Å². The molecule has 6 nitrogen and oxygen atoms in total. The van der Waals surface area contributed by atoms with E-state index in [2.05, 4.69) is 10.2 Å². The van der Waals surface area contributed by atoms with Gasteiger partial charge in [-0.2, -0.15) is 0 Å². The highest BCUT2D eigenvalue weighted by molar-refractivity contribution is 7.99. The van der Waals surface area contributed by atoms with Crippen molar-refractivity contribution in [3.8, 4) is 16.5 Å². The minimum Gasteiger partial charge on any atom is -0.419 e. The molecular formula is C24H20N4O2S2. The van der Waals surface area contributed by atoms with Gasteiger partial charge in [0.25, 0.3) is 11.4 Å². The van der Waals surface area contributed by atoms with Gasteiger partial charge < -0.3 is 4.42 Å². The zero-order chi connectivity index (χ0) is 22.2. The summed E-state index contributed by atoms with van der Waals surface area (Å²) in [5.41, 5.74) is 3.45. The largest absolute Gasteiger partial charge is 0.419 e. The standard InChI is InChI=1S/C24H20N4O2S2/c1-14-8-6-9-15(2)20(14)28-23(29)17-10-4-5-11-18(17)25-24(28)32-16(3)21-26-27-22(30-21)19-12-7-13-31-19/h4-13,16H,1-3H3. The molecule has 2 aromatic carbocycles. The lowest BCUT2D eigenvalue weighted by atomic mass is 10.1. The summed E-state index contributed by atoms with van der Waals surface area (Å²) in [6.07, 6.45) is 0. The van der Waals surface area contributed by atoms with E-state index in [0.29, 0.717) is 27.8 Å². The van der Waals surface area contributed by atoms with Gasteiger partial charge >= 0.3 is 0 Å². The zero-order valence-electron chi connectivity index (χ0n) is 17.8. The molecule has 0 fully saturated rings. The number of fused-ring (bicyclic) bond motifs is 1. The summed E-state index contributed by atoms with van der Waals surface area (Å²) in [6.45, 7) is 5.99. The normalized spacial score (nSPS) is 12.3. The summed E-state index contributed by atoms with van der Waals surface area (Å²) >= 11 is 2.98. The highest BCUT2D eigenvalue weighted by Crippen LogP contribution is 2.36. The van der Waals surface area contributed by atoms with Crippen molar-refractivity contribution in [2.24, 2.45) is 0 Å². The van der Waals surface area contributed by atoms with Crippen molar-refractivity contribution in [3.63, 3.8) is 0 Å². The van der Waals surface area contributed by atoms with Crippen molar-refractivity contribution in [3.05, 3.63) is 87.3 Å². The smallest absolute Gasteiger partial charge is 0.266 e. The van der Waals surface area contributed by atoms with Gasteiger partial charge in [-0.3, -0.25) is 9.36 Å². The van der Waals surface area contributed by atoms with Crippen LogP contribution in [-0.4, -0.2) is 19.7 Å². The minimum absolute atomic E-state index is 0.0903. The minimum atomic E-state index is -0.195. The van der Waals surface area contributed by atoms with Crippen LogP contribution in [0.2, 0.25) is 0 Å². The average molecular weight is 461 g/mol. The lowest BCUT2D eigenvalue weighted by molar-refractivity contribution is 0.509. The predicted molar refractivity (Wildman–Crippen MR) is 129 cm³/mol. The quantitative estimate of drug-likeness (QED) is 0.238. The van der Waals surface area contributed by atoms with E-state index in [1.165, 1.54) is 11.8 Å². The number of hydrogen-bond acceptors (Lipinski definition) is 7.